The molecule has 4 heteroatoms. The molecular weight excluding hydrogens is 362 g/mol. The van der Waals surface area contributed by atoms with E-state index in [0.29, 0.717) is 18.8 Å². The van der Waals surface area contributed by atoms with Crippen LogP contribution in [0.4, 0.5) is 0 Å². The molecule has 1 fully saturated rings. The highest BCUT2D eigenvalue weighted by molar-refractivity contribution is 6.02. The third-order valence-electron chi connectivity index (χ3n) is 6.06. The van der Waals surface area contributed by atoms with E-state index in [9.17, 15) is 9.59 Å². The number of rotatable bonds is 6. The normalized spacial score (nSPS) is 15.5. The molecule has 0 bridgehead atoms. The van der Waals surface area contributed by atoms with Gasteiger partial charge in [-0.05, 0) is 51.9 Å². The molecule has 4 nitrogen and oxygen atoms in total. The van der Waals surface area contributed by atoms with Gasteiger partial charge in [0.25, 0.3) is 0 Å². The average molecular weight is 389 g/mol. The minimum Gasteiger partial charge on any atom is -0.467 e. The van der Waals surface area contributed by atoms with Crippen LogP contribution in [0.15, 0.2) is 54.6 Å². The largest absolute Gasteiger partial charge is 0.467 e. The van der Waals surface area contributed by atoms with Crippen LogP contribution in [0.3, 0.4) is 0 Å². The highest BCUT2D eigenvalue weighted by atomic mass is 16.5. The summed E-state index contributed by atoms with van der Waals surface area (Å²) in [5.41, 5.74) is 1.07. The molecule has 0 radical (unpaired) electrons. The van der Waals surface area contributed by atoms with Crippen molar-refractivity contribution in [1.29, 1.82) is 0 Å². The quantitative estimate of drug-likeness (QED) is 0.488. The highest BCUT2D eigenvalue weighted by Crippen LogP contribution is 2.30. The number of nitrogens with one attached hydrogen (secondary N) is 1. The summed E-state index contributed by atoms with van der Waals surface area (Å²) in [4.78, 5) is 25.2. The zero-order valence-corrected chi connectivity index (χ0v) is 16.8. The number of carbonyl (C=O) groups is 2. The molecule has 0 saturated heterocycles. The van der Waals surface area contributed by atoms with Gasteiger partial charge in [0.05, 0.1) is 7.11 Å². The second-order valence-corrected chi connectivity index (χ2v) is 8.00. The Morgan fingerprint density at radius 1 is 1.00 bits per heavy atom. The van der Waals surface area contributed by atoms with Gasteiger partial charge in [0.1, 0.15) is 6.04 Å². The first-order valence-electron chi connectivity index (χ1n) is 10.4. The van der Waals surface area contributed by atoms with Gasteiger partial charge in [-0.3, -0.25) is 4.79 Å². The fourth-order valence-corrected chi connectivity index (χ4v) is 4.60. The first-order valence-corrected chi connectivity index (χ1v) is 10.4. The predicted molar refractivity (Wildman–Crippen MR) is 116 cm³/mol. The van der Waals surface area contributed by atoms with Crippen LogP contribution < -0.4 is 5.32 Å². The van der Waals surface area contributed by atoms with Gasteiger partial charge < -0.3 is 10.1 Å². The van der Waals surface area contributed by atoms with Crippen molar-refractivity contribution in [1.82, 2.24) is 5.32 Å². The number of methoxy groups -OCH3 is 1. The molecule has 1 atom stereocenters. The lowest BCUT2D eigenvalue weighted by Gasteiger charge is -2.20. The Morgan fingerprint density at radius 2 is 1.59 bits per heavy atom. The summed E-state index contributed by atoms with van der Waals surface area (Å²) in [5, 5.41) is 7.42. The van der Waals surface area contributed by atoms with Crippen molar-refractivity contribution < 1.29 is 14.3 Å². The Labute approximate surface area is 171 Å². The number of carbonyl (C=O) groups excluding carboxylic acids is 2. The smallest absolute Gasteiger partial charge is 0.328 e. The van der Waals surface area contributed by atoms with Crippen molar-refractivity contribution in [2.24, 2.45) is 5.92 Å². The monoisotopic (exact) mass is 389 g/mol. The van der Waals surface area contributed by atoms with E-state index >= 15 is 0 Å². The number of amides is 1. The molecule has 0 aromatic heterocycles. The summed E-state index contributed by atoms with van der Waals surface area (Å²) >= 11 is 0. The van der Waals surface area contributed by atoms with E-state index in [0.717, 1.165) is 39.9 Å². The Hall–Kier alpha value is -2.88. The van der Waals surface area contributed by atoms with Crippen molar-refractivity contribution in [3.05, 3.63) is 60.2 Å². The molecule has 1 amide bonds. The molecule has 0 unspecified atom stereocenters. The fourth-order valence-electron chi connectivity index (χ4n) is 4.60. The standard InChI is InChI=1S/C25H27NO3/c1-29-25(28)23(26-24(27)14-17-8-2-3-9-17)16-22-20-12-6-4-10-18(20)15-19-11-5-7-13-21(19)22/h4-7,10-13,15,17,23H,2-3,8-9,14,16H2,1H3,(H,26,27)/t23-/m0/s1. The third-order valence-corrected chi connectivity index (χ3v) is 6.06. The lowest BCUT2D eigenvalue weighted by Crippen LogP contribution is -2.43. The molecule has 1 N–H and O–H groups in total. The number of hydrogen-bond acceptors (Lipinski definition) is 3. The topological polar surface area (TPSA) is 55.4 Å². The van der Waals surface area contributed by atoms with E-state index in [2.05, 4.69) is 35.6 Å². The van der Waals surface area contributed by atoms with E-state index < -0.39 is 12.0 Å². The van der Waals surface area contributed by atoms with Crippen LogP contribution >= 0.6 is 0 Å². The average Bonchev–Trinajstić information content (AvgIpc) is 3.25. The van der Waals surface area contributed by atoms with E-state index in [-0.39, 0.29) is 5.91 Å². The molecule has 1 aliphatic rings. The van der Waals surface area contributed by atoms with Crippen LogP contribution in [0, 0.1) is 5.92 Å². The summed E-state index contributed by atoms with van der Waals surface area (Å²) < 4.78 is 5.03. The lowest BCUT2D eigenvalue weighted by molar-refractivity contribution is -0.145. The van der Waals surface area contributed by atoms with Gasteiger partial charge in [0.2, 0.25) is 5.91 Å². The number of esters is 1. The molecule has 1 saturated carbocycles. The van der Waals surface area contributed by atoms with Crippen molar-refractivity contribution in [3.63, 3.8) is 0 Å². The maximum absolute atomic E-state index is 12.6. The zero-order valence-electron chi connectivity index (χ0n) is 16.8. The van der Waals surface area contributed by atoms with Crippen LogP contribution in [-0.4, -0.2) is 25.0 Å². The second kappa shape index (κ2) is 8.64. The summed E-state index contributed by atoms with van der Waals surface area (Å²) in [5.74, 6) is -0.0229. The van der Waals surface area contributed by atoms with Gasteiger partial charge in [-0.25, -0.2) is 4.79 Å². The maximum atomic E-state index is 12.6. The number of hydrogen-bond donors (Lipinski definition) is 1. The van der Waals surface area contributed by atoms with Gasteiger partial charge >= 0.3 is 5.97 Å². The van der Waals surface area contributed by atoms with E-state index in [4.69, 9.17) is 4.74 Å². The lowest BCUT2D eigenvalue weighted by atomic mass is 9.92. The zero-order chi connectivity index (χ0) is 20.2. The van der Waals surface area contributed by atoms with Gasteiger partial charge in [-0.2, -0.15) is 0 Å². The molecule has 0 heterocycles. The molecule has 29 heavy (non-hydrogen) atoms. The fraction of sp³-hybridized carbons (Fsp3) is 0.360. The van der Waals surface area contributed by atoms with Crippen LogP contribution in [-0.2, 0) is 20.7 Å². The molecule has 0 aliphatic heterocycles. The summed E-state index contributed by atoms with van der Waals surface area (Å²) in [6.07, 6.45) is 5.49. The van der Waals surface area contributed by atoms with Crippen molar-refractivity contribution in [2.45, 2.75) is 44.6 Å². The maximum Gasteiger partial charge on any atom is 0.328 e. The Kier molecular flexibility index (Phi) is 5.79. The van der Waals surface area contributed by atoms with Crippen molar-refractivity contribution in [3.8, 4) is 0 Å². The van der Waals surface area contributed by atoms with Crippen molar-refractivity contribution in [2.75, 3.05) is 7.11 Å². The Bertz CT molecular complexity index is 983. The predicted octanol–water partition coefficient (Wildman–Crippen LogP) is 4.77. The second-order valence-electron chi connectivity index (χ2n) is 8.00. The van der Waals surface area contributed by atoms with Crippen LogP contribution in [0.25, 0.3) is 21.5 Å². The van der Waals surface area contributed by atoms with Crippen molar-refractivity contribution >= 4 is 33.4 Å². The summed E-state index contributed by atoms with van der Waals surface area (Å²) in [6, 6.07) is 17.8. The van der Waals surface area contributed by atoms with Gasteiger partial charge in [-0.15, -0.1) is 0 Å². The van der Waals surface area contributed by atoms with Gasteiger partial charge in [-0.1, -0.05) is 61.4 Å². The third kappa shape index (κ3) is 4.26. The van der Waals surface area contributed by atoms with E-state index in [1.807, 2.05) is 24.3 Å². The van der Waals surface area contributed by atoms with Crippen LogP contribution in [0.2, 0.25) is 0 Å². The molecular formula is C25H27NO3. The van der Waals surface area contributed by atoms with E-state index in [1.54, 1.807) is 0 Å². The summed E-state index contributed by atoms with van der Waals surface area (Å²) in [6.45, 7) is 0. The first kappa shape index (κ1) is 19.4. The Morgan fingerprint density at radius 3 is 2.17 bits per heavy atom. The number of ether oxygens (including phenoxy) is 1. The molecule has 3 aromatic carbocycles. The molecule has 1 aliphatic carbocycles. The number of fused-ring (bicyclic) bond motifs is 2. The number of benzene rings is 3. The van der Waals surface area contributed by atoms with Crippen LogP contribution in [0.5, 0.6) is 0 Å². The molecule has 3 aromatic rings. The Balaban J connectivity index is 1.66. The minimum atomic E-state index is -0.692. The van der Waals surface area contributed by atoms with E-state index in [1.165, 1.54) is 20.0 Å². The molecule has 150 valence electrons. The SMILES string of the molecule is COC(=O)[C@H](Cc1c2ccccc2cc2ccccc12)NC(=O)CC1CCCC1. The minimum absolute atomic E-state index is 0.0585. The highest BCUT2D eigenvalue weighted by Gasteiger charge is 2.26. The van der Waals surface area contributed by atoms with Crippen LogP contribution in [0.1, 0.15) is 37.7 Å². The van der Waals surface area contributed by atoms with Gasteiger partial charge in [0.15, 0.2) is 0 Å². The first-order chi connectivity index (χ1) is 14.2. The molecule has 4 rings (SSSR count). The van der Waals surface area contributed by atoms with Gasteiger partial charge in [0, 0.05) is 12.8 Å². The summed E-state index contributed by atoms with van der Waals surface area (Å²) in [7, 11) is 1.37. The molecule has 0 spiro atoms.